The van der Waals surface area contributed by atoms with Crippen molar-refractivity contribution in [2.45, 2.75) is 46.6 Å². The van der Waals surface area contributed by atoms with E-state index in [0.29, 0.717) is 17.4 Å². The number of aryl methyl sites for hydroxylation is 1. The molecule has 0 amide bonds. The van der Waals surface area contributed by atoms with Crippen molar-refractivity contribution in [1.29, 1.82) is 0 Å². The Morgan fingerprint density at radius 3 is 2.74 bits per heavy atom. The number of nitrogens with one attached hydrogen (secondary N) is 1. The summed E-state index contributed by atoms with van der Waals surface area (Å²) in [6, 6.07) is 6.97. The maximum Gasteiger partial charge on any atom is 0.119 e. The fraction of sp³-hybridized carbons (Fsp3) is 0.647. The minimum absolute atomic E-state index is 0.364. The van der Waals surface area contributed by atoms with Crippen molar-refractivity contribution in [1.82, 2.24) is 5.32 Å². The standard InChI is InChI=1S/C17H27NO/c1-12(17(2,3)4)11-18-16-9-7-13-6-8-14(19-5)10-15(13)16/h6,8,10,12,16,18H,7,9,11H2,1-5H3. The van der Waals surface area contributed by atoms with Gasteiger partial charge in [0.2, 0.25) is 0 Å². The molecule has 2 atom stereocenters. The van der Waals surface area contributed by atoms with Crippen molar-refractivity contribution in [3.05, 3.63) is 29.3 Å². The molecule has 2 heteroatoms. The first-order valence-corrected chi connectivity index (χ1v) is 7.32. The number of hydrogen-bond donors (Lipinski definition) is 1. The summed E-state index contributed by atoms with van der Waals surface area (Å²) in [5.74, 6) is 1.64. The van der Waals surface area contributed by atoms with E-state index >= 15 is 0 Å². The molecule has 0 radical (unpaired) electrons. The van der Waals surface area contributed by atoms with Crippen molar-refractivity contribution in [2.75, 3.05) is 13.7 Å². The summed E-state index contributed by atoms with van der Waals surface area (Å²) in [6.07, 6.45) is 2.39. The Bertz CT molecular complexity index is 433. The van der Waals surface area contributed by atoms with Crippen LogP contribution in [0.1, 0.15) is 51.3 Å². The van der Waals surface area contributed by atoms with Crippen molar-refractivity contribution < 1.29 is 4.74 Å². The maximum absolute atomic E-state index is 5.34. The molecule has 0 saturated carbocycles. The molecule has 0 fully saturated rings. The fourth-order valence-electron chi connectivity index (χ4n) is 2.54. The van der Waals surface area contributed by atoms with Gasteiger partial charge in [-0.05, 0) is 54.0 Å². The average molecular weight is 261 g/mol. The lowest BCUT2D eigenvalue weighted by Gasteiger charge is -2.29. The van der Waals surface area contributed by atoms with Crippen LogP contribution in [-0.2, 0) is 6.42 Å². The predicted molar refractivity (Wildman–Crippen MR) is 80.7 cm³/mol. The number of benzene rings is 1. The minimum Gasteiger partial charge on any atom is -0.497 e. The molecular formula is C17H27NO. The third kappa shape index (κ3) is 3.30. The van der Waals surface area contributed by atoms with E-state index in [1.807, 2.05) is 0 Å². The van der Waals surface area contributed by atoms with Crippen LogP contribution in [0.2, 0.25) is 0 Å². The van der Waals surface area contributed by atoms with Crippen LogP contribution in [0, 0.1) is 11.3 Å². The van der Waals surface area contributed by atoms with E-state index in [4.69, 9.17) is 4.74 Å². The monoisotopic (exact) mass is 261 g/mol. The molecule has 0 saturated heterocycles. The highest BCUT2D eigenvalue weighted by Crippen LogP contribution is 2.34. The second-order valence-electron chi connectivity index (χ2n) is 6.83. The molecule has 106 valence electrons. The number of ether oxygens (including phenoxy) is 1. The average Bonchev–Trinajstić information content (AvgIpc) is 2.76. The maximum atomic E-state index is 5.34. The summed E-state index contributed by atoms with van der Waals surface area (Å²) >= 11 is 0. The zero-order valence-corrected chi connectivity index (χ0v) is 12.9. The van der Waals surface area contributed by atoms with Gasteiger partial charge in [-0.1, -0.05) is 33.8 Å². The second-order valence-corrected chi connectivity index (χ2v) is 6.83. The van der Waals surface area contributed by atoms with Crippen LogP contribution >= 0.6 is 0 Å². The molecule has 0 aromatic heterocycles. The van der Waals surface area contributed by atoms with E-state index in [2.05, 4.69) is 51.2 Å². The summed E-state index contributed by atoms with van der Waals surface area (Å²) in [7, 11) is 1.74. The number of rotatable bonds is 4. The van der Waals surface area contributed by atoms with Gasteiger partial charge in [0.25, 0.3) is 0 Å². The third-order valence-electron chi connectivity index (χ3n) is 4.58. The zero-order chi connectivity index (χ0) is 14.0. The van der Waals surface area contributed by atoms with Crippen LogP contribution in [0.5, 0.6) is 5.75 Å². The molecule has 0 spiro atoms. The van der Waals surface area contributed by atoms with E-state index < -0.39 is 0 Å². The number of fused-ring (bicyclic) bond motifs is 1. The van der Waals surface area contributed by atoms with Gasteiger partial charge < -0.3 is 10.1 Å². The first kappa shape index (κ1) is 14.4. The van der Waals surface area contributed by atoms with Crippen LogP contribution in [0.25, 0.3) is 0 Å². The van der Waals surface area contributed by atoms with Gasteiger partial charge in [0.1, 0.15) is 5.75 Å². The Hall–Kier alpha value is -1.02. The van der Waals surface area contributed by atoms with Gasteiger partial charge in [0.05, 0.1) is 7.11 Å². The Morgan fingerprint density at radius 1 is 1.37 bits per heavy atom. The van der Waals surface area contributed by atoms with E-state index in [1.165, 1.54) is 24.0 Å². The van der Waals surface area contributed by atoms with Gasteiger partial charge in [-0.15, -0.1) is 0 Å². The molecule has 1 N–H and O–H groups in total. The third-order valence-corrected chi connectivity index (χ3v) is 4.58. The molecule has 19 heavy (non-hydrogen) atoms. The molecule has 1 aromatic rings. The molecule has 1 aliphatic rings. The lowest BCUT2D eigenvalue weighted by atomic mass is 9.82. The topological polar surface area (TPSA) is 21.3 Å². The quantitative estimate of drug-likeness (QED) is 0.886. The highest BCUT2D eigenvalue weighted by molar-refractivity contribution is 5.40. The normalized spacial score (nSPS) is 20.2. The van der Waals surface area contributed by atoms with Crippen LogP contribution < -0.4 is 10.1 Å². The fourth-order valence-corrected chi connectivity index (χ4v) is 2.54. The SMILES string of the molecule is COc1ccc2c(c1)C(NCC(C)C(C)(C)C)CC2. The first-order chi connectivity index (χ1) is 8.91. The molecule has 2 nitrogen and oxygen atoms in total. The van der Waals surface area contributed by atoms with Gasteiger partial charge >= 0.3 is 0 Å². The highest BCUT2D eigenvalue weighted by Gasteiger charge is 2.25. The van der Waals surface area contributed by atoms with Crippen molar-refractivity contribution >= 4 is 0 Å². The number of methoxy groups -OCH3 is 1. The van der Waals surface area contributed by atoms with Gasteiger partial charge in [-0.3, -0.25) is 0 Å². The lowest BCUT2D eigenvalue weighted by Crippen LogP contribution is -2.31. The summed E-state index contributed by atoms with van der Waals surface area (Å²) in [6.45, 7) is 10.3. The second kappa shape index (κ2) is 5.54. The van der Waals surface area contributed by atoms with Gasteiger partial charge in [0, 0.05) is 6.04 Å². The van der Waals surface area contributed by atoms with Crippen molar-refractivity contribution in [3.63, 3.8) is 0 Å². The Balaban J connectivity index is 2.02. The summed E-state index contributed by atoms with van der Waals surface area (Å²) in [5.41, 5.74) is 3.27. The molecule has 2 rings (SSSR count). The van der Waals surface area contributed by atoms with E-state index in [9.17, 15) is 0 Å². The van der Waals surface area contributed by atoms with Gasteiger partial charge in [-0.2, -0.15) is 0 Å². The van der Waals surface area contributed by atoms with Crippen LogP contribution in [-0.4, -0.2) is 13.7 Å². The Morgan fingerprint density at radius 2 is 2.11 bits per heavy atom. The van der Waals surface area contributed by atoms with Crippen LogP contribution in [0.3, 0.4) is 0 Å². The largest absolute Gasteiger partial charge is 0.497 e. The molecule has 0 bridgehead atoms. The smallest absolute Gasteiger partial charge is 0.119 e. The highest BCUT2D eigenvalue weighted by atomic mass is 16.5. The molecule has 1 aliphatic carbocycles. The minimum atomic E-state index is 0.364. The van der Waals surface area contributed by atoms with Crippen molar-refractivity contribution in [3.8, 4) is 5.75 Å². The van der Waals surface area contributed by atoms with Gasteiger partial charge in [0.15, 0.2) is 0 Å². The van der Waals surface area contributed by atoms with E-state index in [1.54, 1.807) is 7.11 Å². The molecular weight excluding hydrogens is 234 g/mol. The summed E-state index contributed by atoms with van der Waals surface area (Å²) in [5, 5.41) is 3.74. The van der Waals surface area contributed by atoms with Crippen LogP contribution in [0.4, 0.5) is 0 Å². The molecule has 2 unspecified atom stereocenters. The van der Waals surface area contributed by atoms with Gasteiger partial charge in [-0.25, -0.2) is 0 Å². The summed E-state index contributed by atoms with van der Waals surface area (Å²) < 4.78 is 5.34. The predicted octanol–water partition coefficient (Wildman–Crippen LogP) is 3.95. The molecule has 0 heterocycles. The van der Waals surface area contributed by atoms with E-state index in [-0.39, 0.29) is 0 Å². The van der Waals surface area contributed by atoms with Crippen LogP contribution in [0.15, 0.2) is 18.2 Å². The summed E-state index contributed by atoms with van der Waals surface area (Å²) in [4.78, 5) is 0. The first-order valence-electron chi connectivity index (χ1n) is 7.32. The molecule has 0 aliphatic heterocycles. The van der Waals surface area contributed by atoms with E-state index in [0.717, 1.165) is 12.3 Å². The zero-order valence-electron chi connectivity index (χ0n) is 12.9. The van der Waals surface area contributed by atoms with Crippen molar-refractivity contribution in [2.24, 2.45) is 11.3 Å². The Labute approximate surface area is 117 Å². The lowest BCUT2D eigenvalue weighted by molar-refractivity contribution is 0.245. The number of hydrogen-bond acceptors (Lipinski definition) is 2. The molecule has 1 aromatic carbocycles. The Kier molecular flexibility index (Phi) is 4.19.